The second-order valence-corrected chi connectivity index (χ2v) is 10.8. The summed E-state index contributed by atoms with van der Waals surface area (Å²) in [7, 11) is 0. The molecule has 2 N–H and O–H groups in total. The molecule has 0 bridgehead atoms. The smallest absolute Gasteiger partial charge is 0.449 e. The Labute approximate surface area is 250 Å². The number of carbonyl (C=O) groups is 3. The molecule has 9 nitrogen and oxygen atoms in total. The van der Waals surface area contributed by atoms with E-state index in [-0.39, 0.29) is 29.9 Å². The zero-order valence-electron chi connectivity index (χ0n) is 23.5. The van der Waals surface area contributed by atoms with E-state index in [1.807, 2.05) is 39.0 Å². The summed E-state index contributed by atoms with van der Waals surface area (Å²) in [6.07, 6.45) is -5.19. The van der Waals surface area contributed by atoms with Crippen molar-refractivity contribution >= 4 is 52.0 Å². The van der Waals surface area contributed by atoms with Gasteiger partial charge >= 0.3 is 18.5 Å². The molecule has 1 heterocycles. The van der Waals surface area contributed by atoms with E-state index in [0.717, 1.165) is 34.5 Å². The molecule has 3 aromatic rings. The highest BCUT2D eigenvalue weighted by molar-refractivity contribution is 8.15. The molecule has 0 aliphatic carbocycles. The van der Waals surface area contributed by atoms with Gasteiger partial charge < -0.3 is 14.8 Å². The van der Waals surface area contributed by atoms with Crippen LogP contribution in [0.2, 0.25) is 0 Å². The van der Waals surface area contributed by atoms with E-state index < -0.39 is 24.2 Å². The Morgan fingerprint density at radius 1 is 1.00 bits per heavy atom. The number of nitrogens with one attached hydrogen (secondary N) is 2. The lowest BCUT2D eigenvalue weighted by molar-refractivity contribution is -0.274. The first kappa shape index (κ1) is 31.4. The molecular weight excluding hydrogens is 585 g/mol. The van der Waals surface area contributed by atoms with Crippen molar-refractivity contribution in [3.63, 3.8) is 0 Å². The van der Waals surface area contributed by atoms with Crippen LogP contribution in [0.15, 0.2) is 71.7 Å². The Bertz CT molecular complexity index is 1510. The number of nitrogens with zero attached hydrogens (tertiary/aromatic N) is 2. The fourth-order valence-corrected chi connectivity index (χ4v) is 5.02. The summed E-state index contributed by atoms with van der Waals surface area (Å²) in [4.78, 5) is 43.1. The number of hydrogen-bond donors (Lipinski definition) is 2. The number of amides is 4. The van der Waals surface area contributed by atoms with E-state index in [9.17, 15) is 27.6 Å². The van der Waals surface area contributed by atoms with Crippen LogP contribution in [-0.4, -0.2) is 41.9 Å². The summed E-state index contributed by atoms with van der Waals surface area (Å²) in [6, 6.07) is 16.8. The maximum absolute atomic E-state index is 12.7. The number of halogens is 3. The molecule has 1 aliphatic rings. The van der Waals surface area contributed by atoms with Gasteiger partial charge in [0.25, 0.3) is 0 Å². The van der Waals surface area contributed by atoms with Crippen molar-refractivity contribution < 1.29 is 37.0 Å². The molecule has 0 atom stereocenters. The zero-order chi connectivity index (χ0) is 31.1. The molecule has 0 unspecified atom stereocenters. The molecule has 1 fully saturated rings. The SMILES string of the molecule is Cc1ccc(C(C)C)c(N2C(=O)CSC2=NC(=O)Nc2ccc(CCOC(=O)Nc3ccc(OC(F)(F)F)cc3)cc2)c1. The number of alkyl halides is 3. The van der Waals surface area contributed by atoms with Gasteiger partial charge in [-0.25, -0.2) is 9.59 Å². The maximum Gasteiger partial charge on any atom is 0.573 e. The number of anilines is 3. The number of hydrogen-bond acceptors (Lipinski definition) is 6. The molecule has 4 rings (SSSR count). The van der Waals surface area contributed by atoms with E-state index in [4.69, 9.17) is 4.74 Å². The van der Waals surface area contributed by atoms with E-state index in [0.29, 0.717) is 17.3 Å². The predicted molar refractivity (Wildman–Crippen MR) is 160 cm³/mol. The topological polar surface area (TPSA) is 109 Å². The number of carbonyl (C=O) groups excluding carboxylic acids is 3. The van der Waals surface area contributed by atoms with Crippen molar-refractivity contribution in [1.82, 2.24) is 0 Å². The van der Waals surface area contributed by atoms with Crippen LogP contribution in [0.5, 0.6) is 5.75 Å². The minimum atomic E-state index is -4.80. The first-order valence-electron chi connectivity index (χ1n) is 13.2. The quantitative estimate of drug-likeness (QED) is 0.272. The van der Waals surface area contributed by atoms with Crippen LogP contribution in [0.25, 0.3) is 0 Å². The van der Waals surface area contributed by atoms with Gasteiger partial charge in [0.05, 0.1) is 18.0 Å². The molecule has 0 spiro atoms. The highest BCUT2D eigenvalue weighted by Crippen LogP contribution is 2.34. The van der Waals surface area contributed by atoms with E-state index in [1.165, 1.54) is 28.8 Å². The Balaban J connectivity index is 1.28. The second-order valence-electron chi connectivity index (χ2n) is 9.84. The molecular formula is C30H29F3N4O5S. The fraction of sp³-hybridized carbons (Fsp3) is 0.267. The Kier molecular flexibility index (Phi) is 9.96. The Morgan fingerprint density at radius 2 is 1.65 bits per heavy atom. The van der Waals surface area contributed by atoms with Crippen molar-refractivity contribution in [1.29, 1.82) is 0 Å². The number of benzene rings is 3. The van der Waals surface area contributed by atoms with Crippen molar-refractivity contribution in [2.24, 2.45) is 4.99 Å². The summed E-state index contributed by atoms with van der Waals surface area (Å²) in [5, 5.41) is 5.44. The monoisotopic (exact) mass is 614 g/mol. The zero-order valence-corrected chi connectivity index (χ0v) is 24.3. The summed E-state index contributed by atoms with van der Waals surface area (Å²) in [6.45, 7) is 6.06. The lowest BCUT2D eigenvalue weighted by atomic mass is 9.99. The first-order chi connectivity index (χ1) is 20.4. The normalized spacial score (nSPS) is 14.3. The van der Waals surface area contributed by atoms with Gasteiger partial charge in [-0.05, 0) is 72.0 Å². The van der Waals surface area contributed by atoms with Gasteiger partial charge in [-0.1, -0.05) is 49.9 Å². The van der Waals surface area contributed by atoms with Gasteiger partial charge in [-0.15, -0.1) is 13.2 Å². The van der Waals surface area contributed by atoms with Crippen molar-refractivity contribution in [3.05, 3.63) is 83.4 Å². The molecule has 0 aromatic heterocycles. The Morgan fingerprint density at radius 3 is 2.30 bits per heavy atom. The minimum Gasteiger partial charge on any atom is -0.449 e. The number of aliphatic imine (C=N–C) groups is 1. The van der Waals surface area contributed by atoms with E-state index in [1.54, 1.807) is 24.3 Å². The third-order valence-corrected chi connectivity index (χ3v) is 7.10. The predicted octanol–water partition coefficient (Wildman–Crippen LogP) is 7.48. The van der Waals surface area contributed by atoms with E-state index >= 15 is 0 Å². The van der Waals surface area contributed by atoms with Gasteiger partial charge in [0.15, 0.2) is 5.17 Å². The van der Waals surface area contributed by atoms with Crippen LogP contribution < -0.4 is 20.3 Å². The Hall–Kier alpha value is -4.52. The molecule has 0 radical (unpaired) electrons. The van der Waals surface area contributed by atoms with Crippen LogP contribution in [0.1, 0.15) is 36.5 Å². The molecule has 1 aliphatic heterocycles. The van der Waals surface area contributed by atoms with Crippen molar-refractivity contribution in [2.45, 2.75) is 39.5 Å². The highest BCUT2D eigenvalue weighted by Gasteiger charge is 2.33. The second kappa shape index (κ2) is 13.6. The van der Waals surface area contributed by atoms with Crippen LogP contribution in [0, 0.1) is 6.92 Å². The standard InChI is InChI=1S/C30H29F3N4O5S/c1-18(2)24-13-4-19(3)16-25(24)37-26(38)17-43-28(37)36-27(39)34-21-7-5-20(6-8-21)14-15-41-29(40)35-22-9-11-23(12-10-22)42-30(31,32)33/h4-13,16,18H,14-15,17H2,1-3H3,(H,34,39)(H,35,40). The van der Waals surface area contributed by atoms with Gasteiger partial charge in [0.2, 0.25) is 5.91 Å². The van der Waals surface area contributed by atoms with Gasteiger partial charge in [-0.2, -0.15) is 4.99 Å². The fourth-order valence-electron chi connectivity index (χ4n) is 4.17. The largest absolute Gasteiger partial charge is 0.573 e. The van der Waals surface area contributed by atoms with Crippen LogP contribution in [-0.2, 0) is 16.0 Å². The number of ether oxygens (including phenoxy) is 2. The minimum absolute atomic E-state index is 0.0405. The third kappa shape index (κ3) is 8.98. The number of rotatable bonds is 8. The van der Waals surface area contributed by atoms with E-state index in [2.05, 4.69) is 20.4 Å². The average molecular weight is 615 g/mol. The lowest BCUT2D eigenvalue weighted by Crippen LogP contribution is -2.31. The van der Waals surface area contributed by atoms with Gasteiger partial charge in [-0.3, -0.25) is 15.0 Å². The number of aryl methyl sites for hydroxylation is 1. The molecule has 0 saturated carbocycles. The van der Waals surface area contributed by atoms with Crippen LogP contribution >= 0.6 is 11.8 Å². The van der Waals surface area contributed by atoms with Crippen LogP contribution in [0.4, 0.5) is 39.8 Å². The van der Waals surface area contributed by atoms with Crippen molar-refractivity contribution in [3.8, 4) is 5.75 Å². The van der Waals surface area contributed by atoms with Crippen molar-refractivity contribution in [2.75, 3.05) is 27.9 Å². The summed E-state index contributed by atoms with van der Waals surface area (Å²) in [5.74, 6) is -0.187. The van der Waals surface area contributed by atoms with Crippen LogP contribution in [0.3, 0.4) is 0 Å². The number of urea groups is 1. The summed E-state index contributed by atoms with van der Waals surface area (Å²) in [5.41, 5.74) is 4.27. The lowest BCUT2D eigenvalue weighted by Gasteiger charge is -2.22. The summed E-state index contributed by atoms with van der Waals surface area (Å²) >= 11 is 1.21. The molecule has 226 valence electrons. The molecule has 3 aromatic carbocycles. The van der Waals surface area contributed by atoms with Gasteiger partial charge in [0, 0.05) is 17.8 Å². The molecule has 1 saturated heterocycles. The number of amidine groups is 1. The molecule has 4 amide bonds. The molecule has 13 heteroatoms. The highest BCUT2D eigenvalue weighted by atomic mass is 32.2. The number of thioether (sulfide) groups is 1. The first-order valence-corrected chi connectivity index (χ1v) is 14.2. The van der Waals surface area contributed by atoms with Gasteiger partial charge in [0.1, 0.15) is 5.75 Å². The summed E-state index contributed by atoms with van der Waals surface area (Å²) < 4.78 is 45.7. The molecule has 43 heavy (non-hydrogen) atoms. The maximum atomic E-state index is 12.7. The average Bonchev–Trinajstić information content (AvgIpc) is 3.29. The third-order valence-electron chi connectivity index (χ3n) is 6.17.